The van der Waals surface area contributed by atoms with Crippen LogP contribution in [0.25, 0.3) is 11.5 Å². The molecule has 3 N–H and O–H groups in total. The minimum atomic E-state index is -0.251. The molecule has 0 atom stereocenters. The summed E-state index contributed by atoms with van der Waals surface area (Å²) < 4.78 is 0. The van der Waals surface area contributed by atoms with Crippen LogP contribution in [0.5, 0.6) is 0 Å². The lowest BCUT2D eigenvalue weighted by atomic mass is 10.3. The van der Waals surface area contributed by atoms with Crippen molar-refractivity contribution in [1.29, 1.82) is 0 Å². The van der Waals surface area contributed by atoms with Gasteiger partial charge in [0.15, 0.2) is 5.82 Å². The molecule has 0 saturated carbocycles. The molecule has 0 aliphatic rings. The van der Waals surface area contributed by atoms with Crippen LogP contribution in [0.1, 0.15) is 11.4 Å². The number of aromatic amines is 1. The highest BCUT2D eigenvalue weighted by molar-refractivity contribution is 5.52. The van der Waals surface area contributed by atoms with E-state index in [1.807, 2.05) is 0 Å². The fourth-order valence-corrected chi connectivity index (χ4v) is 1.26. The topological polar surface area (TPSA) is 97.5 Å². The van der Waals surface area contributed by atoms with Gasteiger partial charge < -0.3 is 10.7 Å². The number of rotatable bonds is 1. The SMILES string of the molecule is Cc1nccc(-c2nc(N)c(C)c(=O)[nH]2)n1. The molecule has 2 aromatic heterocycles. The number of nitrogens with two attached hydrogens (primary N) is 1. The van der Waals surface area contributed by atoms with Gasteiger partial charge in [-0.3, -0.25) is 4.79 Å². The fourth-order valence-electron chi connectivity index (χ4n) is 1.26. The van der Waals surface area contributed by atoms with Crippen LogP contribution >= 0.6 is 0 Å². The van der Waals surface area contributed by atoms with Crippen LogP contribution in [-0.4, -0.2) is 19.9 Å². The highest BCUT2D eigenvalue weighted by Gasteiger charge is 2.07. The van der Waals surface area contributed by atoms with Crippen LogP contribution in [0.4, 0.5) is 5.82 Å². The Morgan fingerprint density at radius 3 is 2.69 bits per heavy atom. The average molecular weight is 217 g/mol. The maximum Gasteiger partial charge on any atom is 0.256 e. The van der Waals surface area contributed by atoms with E-state index in [9.17, 15) is 4.79 Å². The number of aromatic nitrogens is 4. The van der Waals surface area contributed by atoms with Crippen molar-refractivity contribution >= 4 is 5.82 Å². The Morgan fingerprint density at radius 2 is 2.06 bits per heavy atom. The van der Waals surface area contributed by atoms with Crippen molar-refractivity contribution in [1.82, 2.24) is 19.9 Å². The summed E-state index contributed by atoms with van der Waals surface area (Å²) in [6, 6.07) is 1.67. The third-order valence-corrected chi connectivity index (χ3v) is 2.21. The highest BCUT2D eigenvalue weighted by Crippen LogP contribution is 2.11. The minimum absolute atomic E-state index is 0.218. The van der Waals surface area contributed by atoms with E-state index in [1.54, 1.807) is 26.1 Å². The molecule has 0 amide bonds. The van der Waals surface area contributed by atoms with Crippen molar-refractivity contribution in [3.05, 3.63) is 34.0 Å². The molecule has 0 bridgehead atoms. The molecular formula is C10H11N5O. The molecular weight excluding hydrogens is 206 g/mol. The first-order valence-corrected chi connectivity index (χ1v) is 4.74. The van der Waals surface area contributed by atoms with Crippen LogP contribution in [0.15, 0.2) is 17.1 Å². The van der Waals surface area contributed by atoms with Crippen LogP contribution in [0.2, 0.25) is 0 Å². The van der Waals surface area contributed by atoms with Gasteiger partial charge in [-0.25, -0.2) is 15.0 Å². The van der Waals surface area contributed by atoms with Crippen LogP contribution < -0.4 is 11.3 Å². The van der Waals surface area contributed by atoms with Crippen molar-refractivity contribution in [2.75, 3.05) is 5.73 Å². The number of aryl methyl sites for hydroxylation is 1. The highest BCUT2D eigenvalue weighted by atomic mass is 16.1. The van der Waals surface area contributed by atoms with Crippen molar-refractivity contribution in [3.8, 4) is 11.5 Å². The summed E-state index contributed by atoms with van der Waals surface area (Å²) in [6.45, 7) is 3.38. The lowest BCUT2D eigenvalue weighted by molar-refractivity contribution is 1.02. The van der Waals surface area contributed by atoms with Crippen LogP contribution in [0, 0.1) is 13.8 Å². The maximum atomic E-state index is 11.5. The van der Waals surface area contributed by atoms with Gasteiger partial charge >= 0.3 is 0 Å². The molecule has 2 heterocycles. The van der Waals surface area contributed by atoms with Gasteiger partial charge in [0, 0.05) is 6.20 Å². The maximum absolute atomic E-state index is 11.5. The van der Waals surface area contributed by atoms with E-state index in [0.29, 0.717) is 22.9 Å². The largest absolute Gasteiger partial charge is 0.383 e. The molecule has 0 aliphatic carbocycles. The molecule has 2 rings (SSSR count). The predicted octanol–water partition coefficient (Wildman–Crippen LogP) is 0.426. The summed E-state index contributed by atoms with van der Waals surface area (Å²) in [7, 11) is 0. The summed E-state index contributed by atoms with van der Waals surface area (Å²) in [4.78, 5) is 26.3. The number of nitrogens with one attached hydrogen (secondary N) is 1. The molecule has 0 aromatic carbocycles. The summed E-state index contributed by atoms with van der Waals surface area (Å²) >= 11 is 0. The zero-order valence-corrected chi connectivity index (χ0v) is 8.98. The first kappa shape index (κ1) is 10.3. The number of hydrogen-bond acceptors (Lipinski definition) is 5. The summed E-state index contributed by atoms with van der Waals surface area (Å²) in [6.07, 6.45) is 1.60. The van der Waals surface area contributed by atoms with Gasteiger partial charge in [0.1, 0.15) is 17.3 Å². The third kappa shape index (κ3) is 1.77. The number of nitrogens with zero attached hydrogens (tertiary/aromatic N) is 3. The molecule has 0 aliphatic heterocycles. The van der Waals surface area contributed by atoms with Crippen molar-refractivity contribution < 1.29 is 0 Å². The molecule has 2 aromatic rings. The van der Waals surface area contributed by atoms with E-state index in [2.05, 4.69) is 19.9 Å². The Kier molecular flexibility index (Phi) is 2.40. The Bertz CT molecular complexity index is 590. The van der Waals surface area contributed by atoms with Crippen molar-refractivity contribution in [2.24, 2.45) is 0 Å². The molecule has 16 heavy (non-hydrogen) atoms. The number of nitrogen functional groups attached to an aromatic ring is 1. The third-order valence-electron chi connectivity index (χ3n) is 2.21. The van der Waals surface area contributed by atoms with Crippen molar-refractivity contribution in [3.63, 3.8) is 0 Å². The van der Waals surface area contributed by atoms with E-state index in [1.165, 1.54) is 0 Å². The second kappa shape index (κ2) is 3.73. The van der Waals surface area contributed by atoms with Crippen molar-refractivity contribution in [2.45, 2.75) is 13.8 Å². The van der Waals surface area contributed by atoms with Gasteiger partial charge in [-0.2, -0.15) is 0 Å². The molecule has 0 unspecified atom stereocenters. The van der Waals surface area contributed by atoms with E-state index >= 15 is 0 Å². The Balaban J connectivity index is 2.61. The van der Waals surface area contributed by atoms with Gasteiger partial charge in [0.05, 0.1) is 5.56 Å². The number of H-pyrrole nitrogens is 1. The van der Waals surface area contributed by atoms with Gasteiger partial charge in [-0.05, 0) is 19.9 Å². The molecule has 0 saturated heterocycles. The summed E-state index contributed by atoms with van der Waals surface area (Å²) in [5.74, 6) is 1.19. The second-order valence-electron chi connectivity index (χ2n) is 3.41. The molecule has 82 valence electrons. The zero-order chi connectivity index (χ0) is 11.7. The van der Waals surface area contributed by atoms with Crippen LogP contribution in [0.3, 0.4) is 0 Å². The quantitative estimate of drug-likeness (QED) is 0.721. The Hall–Kier alpha value is -2.24. The average Bonchev–Trinajstić information content (AvgIpc) is 2.25. The monoisotopic (exact) mass is 217 g/mol. The van der Waals surface area contributed by atoms with E-state index in [-0.39, 0.29) is 11.4 Å². The Morgan fingerprint density at radius 1 is 1.31 bits per heavy atom. The normalized spacial score (nSPS) is 10.4. The number of anilines is 1. The smallest absolute Gasteiger partial charge is 0.256 e. The molecule has 0 fully saturated rings. The van der Waals surface area contributed by atoms with E-state index < -0.39 is 0 Å². The first-order valence-electron chi connectivity index (χ1n) is 4.74. The van der Waals surface area contributed by atoms with Gasteiger partial charge in [0.25, 0.3) is 5.56 Å². The summed E-state index contributed by atoms with van der Waals surface area (Å²) in [5, 5.41) is 0. The Labute approximate surface area is 91.6 Å². The number of hydrogen-bond donors (Lipinski definition) is 2. The van der Waals surface area contributed by atoms with Gasteiger partial charge in [-0.1, -0.05) is 0 Å². The molecule has 6 nitrogen and oxygen atoms in total. The standard InChI is InChI=1S/C10H11N5O/c1-5-8(11)14-9(15-10(5)16)7-3-4-12-6(2)13-7/h3-4H,1-2H3,(H3,11,14,15,16). The van der Waals surface area contributed by atoms with Crippen LogP contribution in [-0.2, 0) is 0 Å². The molecule has 0 radical (unpaired) electrons. The lowest BCUT2D eigenvalue weighted by Crippen LogP contribution is -2.15. The summed E-state index contributed by atoms with van der Waals surface area (Å²) in [5.41, 5.74) is 6.33. The first-order chi connectivity index (χ1) is 7.58. The second-order valence-corrected chi connectivity index (χ2v) is 3.41. The fraction of sp³-hybridized carbons (Fsp3) is 0.200. The zero-order valence-electron chi connectivity index (χ0n) is 8.98. The lowest BCUT2D eigenvalue weighted by Gasteiger charge is -2.03. The minimum Gasteiger partial charge on any atom is -0.383 e. The van der Waals surface area contributed by atoms with E-state index in [4.69, 9.17) is 5.73 Å². The molecule has 0 spiro atoms. The van der Waals surface area contributed by atoms with E-state index in [0.717, 1.165) is 0 Å². The predicted molar refractivity (Wildman–Crippen MR) is 59.8 cm³/mol. The molecule has 6 heteroatoms. The van der Waals surface area contributed by atoms with Gasteiger partial charge in [0.2, 0.25) is 0 Å². The van der Waals surface area contributed by atoms with Gasteiger partial charge in [-0.15, -0.1) is 0 Å².